The number of aromatic hydroxyl groups is 2. The normalized spacial score (nSPS) is 18.9. The van der Waals surface area contributed by atoms with Gasteiger partial charge in [0.1, 0.15) is 23.4 Å². The molecule has 1 aliphatic carbocycles. The van der Waals surface area contributed by atoms with Gasteiger partial charge in [0.2, 0.25) is 0 Å². The lowest BCUT2D eigenvalue weighted by molar-refractivity contribution is 0.0202. The number of ether oxygens (including phenoxy) is 3. The molecule has 5 rings (SSSR count). The Morgan fingerprint density at radius 2 is 1.71 bits per heavy atom. The Kier molecular flexibility index (Phi) is 4.67. The number of aliphatic hydroxyl groups excluding tert-OH is 1. The van der Waals surface area contributed by atoms with Gasteiger partial charge in [0.25, 0.3) is 0 Å². The molecule has 3 aromatic carbocycles. The van der Waals surface area contributed by atoms with E-state index in [-0.39, 0.29) is 11.5 Å². The van der Waals surface area contributed by atoms with Crippen LogP contribution in [0.15, 0.2) is 42.5 Å². The van der Waals surface area contributed by atoms with Crippen LogP contribution in [0.4, 0.5) is 0 Å². The van der Waals surface area contributed by atoms with Crippen LogP contribution in [-0.2, 0) is 19.3 Å². The molecule has 6 nitrogen and oxygen atoms in total. The summed E-state index contributed by atoms with van der Waals surface area (Å²) < 4.78 is 17.2. The lowest BCUT2D eigenvalue weighted by atomic mass is 9.80. The standard InChI is InChI=1S/C25H24O6/c1-29-22-10-14(4-8-19(22)27)25-20(28)11-18-17-6-3-13-9-15(26)5-7-16(13)24(17)23(30-2)12-21(18)31-25/h4-5,7-10,12,20,25-28H,3,6,11H2,1-2H3. The van der Waals surface area contributed by atoms with Crippen molar-refractivity contribution in [2.75, 3.05) is 14.2 Å². The third kappa shape index (κ3) is 3.15. The van der Waals surface area contributed by atoms with E-state index in [4.69, 9.17) is 14.2 Å². The van der Waals surface area contributed by atoms with E-state index in [0.717, 1.165) is 46.2 Å². The monoisotopic (exact) mass is 420 g/mol. The fourth-order valence-electron chi connectivity index (χ4n) is 4.77. The van der Waals surface area contributed by atoms with Gasteiger partial charge >= 0.3 is 0 Å². The van der Waals surface area contributed by atoms with Gasteiger partial charge in [-0.15, -0.1) is 0 Å². The van der Waals surface area contributed by atoms with Gasteiger partial charge in [-0.2, -0.15) is 0 Å². The molecule has 0 fully saturated rings. The van der Waals surface area contributed by atoms with Gasteiger partial charge in [0.05, 0.1) is 20.3 Å². The van der Waals surface area contributed by atoms with Crippen molar-refractivity contribution in [1.29, 1.82) is 0 Å². The van der Waals surface area contributed by atoms with Crippen LogP contribution in [0.5, 0.6) is 28.7 Å². The zero-order valence-electron chi connectivity index (χ0n) is 17.4. The highest BCUT2D eigenvalue weighted by atomic mass is 16.5. The Hall–Kier alpha value is -3.38. The minimum atomic E-state index is -0.750. The fraction of sp³-hybridized carbons (Fsp3) is 0.280. The number of aryl methyl sites for hydroxylation is 1. The first kappa shape index (κ1) is 19.6. The molecule has 0 saturated carbocycles. The highest BCUT2D eigenvalue weighted by molar-refractivity contribution is 5.82. The molecular weight excluding hydrogens is 396 g/mol. The highest BCUT2D eigenvalue weighted by Crippen LogP contribution is 2.49. The first-order valence-electron chi connectivity index (χ1n) is 10.3. The number of hydrogen-bond acceptors (Lipinski definition) is 6. The van der Waals surface area contributed by atoms with Crippen LogP contribution in [0.25, 0.3) is 11.1 Å². The topological polar surface area (TPSA) is 88.4 Å². The van der Waals surface area contributed by atoms with Gasteiger partial charge in [0.15, 0.2) is 11.5 Å². The Bertz CT molecular complexity index is 1170. The quantitative estimate of drug-likeness (QED) is 0.595. The van der Waals surface area contributed by atoms with E-state index in [1.54, 1.807) is 37.4 Å². The largest absolute Gasteiger partial charge is 0.508 e. The second-order valence-electron chi connectivity index (χ2n) is 7.99. The molecule has 31 heavy (non-hydrogen) atoms. The van der Waals surface area contributed by atoms with Gasteiger partial charge in [-0.3, -0.25) is 0 Å². The van der Waals surface area contributed by atoms with E-state index in [0.29, 0.717) is 23.7 Å². The van der Waals surface area contributed by atoms with Crippen molar-refractivity contribution in [2.45, 2.75) is 31.5 Å². The zero-order valence-corrected chi connectivity index (χ0v) is 17.4. The maximum absolute atomic E-state index is 11.0. The lowest BCUT2D eigenvalue weighted by Crippen LogP contribution is -2.31. The predicted molar refractivity (Wildman–Crippen MR) is 115 cm³/mol. The maximum Gasteiger partial charge on any atom is 0.160 e. The molecule has 6 heteroatoms. The minimum absolute atomic E-state index is 0.0393. The van der Waals surface area contributed by atoms with Crippen LogP contribution in [0.1, 0.15) is 28.4 Å². The van der Waals surface area contributed by atoms with Crippen molar-refractivity contribution in [3.63, 3.8) is 0 Å². The van der Waals surface area contributed by atoms with Crippen molar-refractivity contribution in [2.24, 2.45) is 0 Å². The summed E-state index contributed by atoms with van der Waals surface area (Å²) in [5.74, 6) is 2.03. The molecular formula is C25H24O6. The molecule has 2 unspecified atom stereocenters. The summed E-state index contributed by atoms with van der Waals surface area (Å²) in [5, 5.41) is 30.7. The summed E-state index contributed by atoms with van der Waals surface area (Å²) in [4.78, 5) is 0. The summed E-state index contributed by atoms with van der Waals surface area (Å²) >= 11 is 0. The zero-order chi connectivity index (χ0) is 21.7. The van der Waals surface area contributed by atoms with E-state index < -0.39 is 12.2 Å². The number of hydrogen-bond donors (Lipinski definition) is 3. The number of phenols is 2. The molecule has 0 amide bonds. The summed E-state index contributed by atoms with van der Waals surface area (Å²) in [6, 6.07) is 12.3. The van der Waals surface area contributed by atoms with Crippen LogP contribution >= 0.6 is 0 Å². The van der Waals surface area contributed by atoms with Crippen LogP contribution in [0.2, 0.25) is 0 Å². The molecule has 3 aromatic rings. The number of fused-ring (bicyclic) bond motifs is 5. The molecule has 0 radical (unpaired) electrons. The second-order valence-corrected chi connectivity index (χ2v) is 7.99. The van der Waals surface area contributed by atoms with Crippen molar-refractivity contribution >= 4 is 0 Å². The van der Waals surface area contributed by atoms with Gasteiger partial charge in [-0.25, -0.2) is 0 Å². The van der Waals surface area contributed by atoms with E-state index in [1.807, 2.05) is 12.1 Å². The minimum Gasteiger partial charge on any atom is -0.508 e. The number of rotatable bonds is 3. The van der Waals surface area contributed by atoms with Crippen molar-refractivity contribution in [3.05, 3.63) is 64.7 Å². The number of phenolic OH excluding ortho intramolecular Hbond substituents is 2. The smallest absolute Gasteiger partial charge is 0.160 e. The Labute approximate surface area is 180 Å². The third-order valence-electron chi connectivity index (χ3n) is 6.24. The van der Waals surface area contributed by atoms with E-state index in [9.17, 15) is 15.3 Å². The van der Waals surface area contributed by atoms with Gasteiger partial charge in [0, 0.05) is 23.6 Å². The molecule has 0 aromatic heterocycles. The molecule has 2 aliphatic rings. The van der Waals surface area contributed by atoms with E-state index in [1.165, 1.54) is 7.11 Å². The van der Waals surface area contributed by atoms with E-state index in [2.05, 4.69) is 0 Å². The fourth-order valence-corrected chi connectivity index (χ4v) is 4.77. The van der Waals surface area contributed by atoms with Crippen LogP contribution < -0.4 is 14.2 Å². The summed E-state index contributed by atoms with van der Waals surface area (Å²) in [6.07, 6.45) is 0.686. The van der Waals surface area contributed by atoms with E-state index >= 15 is 0 Å². The van der Waals surface area contributed by atoms with Crippen LogP contribution in [0.3, 0.4) is 0 Å². The molecule has 1 aliphatic heterocycles. The summed E-state index contributed by atoms with van der Waals surface area (Å²) in [6.45, 7) is 0. The molecule has 0 saturated heterocycles. The molecule has 3 N–H and O–H groups in total. The van der Waals surface area contributed by atoms with Crippen molar-refractivity contribution < 1.29 is 29.5 Å². The molecule has 1 heterocycles. The molecule has 0 bridgehead atoms. The molecule has 160 valence electrons. The van der Waals surface area contributed by atoms with Gasteiger partial charge in [-0.05, 0) is 59.4 Å². The van der Waals surface area contributed by atoms with Crippen LogP contribution in [0, 0.1) is 0 Å². The summed E-state index contributed by atoms with van der Waals surface area (Å²) in [7, 11) is 3.12. The number of benzene rings is 3. The first-order chi connectivity index (χ1) is 15.0. The first-order valence-corrected chi connectivity index (χ1v) is 10.3. The maximum atomic E-state index is 11.0. The Morgan fingerprint density at radius 1 is 0.903 bits per heavy atom. The highest BCUT2D eigenvalue weighted by Gasteiger charge is 2.35. The lowest BCUT2D eigenvalue weighted by Gasteiger charge is -2.35. The Morgan fingerprint density at radius 3 is 2.48 bits per heavy atom. The second kappa shape index (κ2) is 7.39. The predicted octanol–water partition coefficient (Wildman–Crippen LogP) is 3.92. The van der Waals surface area contributed by atoms with Gasteiger partial charge < -0.3 is 29.5 Å². The molecule has 2 atom stereocenters. The SMILES string of the molecule is COc1cc(C2Oc3cc(OC)c4c(c3CC2O)CCc2cc(O)ccc2-4)ccc1O. The third-order valence-corrected chi connectivity index (χ3v) is 6.24. The van der Waals surface area contributed by atoms with Crippen molar-refractivity contribution in [1.82, 2.24) is 0 Å². The van der Waals surface area contributed by atoms with Crippen LogP contribution in [-0.4, -0.2) is 35.6 Å². The summed E-state index contributed by atoms with van der Waals surface area (Å²) in [5.41, 5.74) is 5.96. The average Bonchev–Trinajstić information content (AvgIpc) is 2.78. The van der Waals surface area contributed by atoms with Crippen molar-refractivity contribution in [3.8, 4) is 39.9 Å². The Balaban J connectivity index is 1.60. The van der Waals surface area contributed by atoms with Gasteiger partial charge in [-0.1, -0.05) is 12.1 Å². The molecule has 0 spiro atoms. The number of aliphatic hydroxyl groups is 1. The average molecular weight is 420 g/mol. The number of methoxy groups -OCH3 is 2.